The van der Waals surface area contributed by atoms with E-state index in [-0.39, 0.29) is 0 Å². The van der Waals surface area contributed by atoms with E-state index < -0.39 is 0 Å². The SMILES string of the molecule is Cc1ccc(C(C)C)c(OCc2ccc(CCN)cc2)c1. The van der Waals surface area contributed by atoms with E-state index in [0.29, 0.717) is 19.1 Å². The molecule has 0 bridgehead atoms. The van der Waals surface area contributed by atoms with Gasteiger partial charge < -0.3 is 10.5 Å². The summed E-state index contributed by atoms with van der Waals surface area (Å²) < 4.78 is 6.04. The third-order valence-corrected chi connectivity index (χ3v) is 3.64. The predicted octanol–water partition coefficient (Wildman–Crippen LogP) is 4.20. The van der Waals surface area contributed by atoms with E-state index in [1.54, 1.807) is 0 Å². The molecule has 2 aromatic carbocycles. The Hall–Kier alpha value is -1.80. The molecule has 0 aliphatic heterocycles. The number of benzene rings is 2. The fourth-order valence-electron chi connectivity index (χ4n) is 2.37. The van der Waals surface area contributed by atoms with Gasteiger partial charge in [0.2, 0.25) is 0 Å². The van der Waals surface area contributed by atoms with Crippen LogP contribution in [-0.4, -0.2) is 6.54 Å². The van der Waals surface area contributed by atoms with Crippen LogP contribution in [0.4, 0.5) is 0 Å². The molecule has 0 amide bonds. The van der Waals surface area contributed by atoms with Gasteiger partial charge in [-0.2, -0.15) is 0 Å². The summed E-state index contributed by atoms with van der Waals surface area (Å²) >= 11 is 0. The van der Waals surface area contributed by atoms with Crippen LogP contribution in [0.3, 0.4) is 0 Å². The lowest BCUT2D eigenvalue weighted by Gasteiger charge is -2.15. The second-order valence-corrected chi connectivity index (χ2v) is 5.84. The first-order valence-corrected chi connectivity index (χ1v) is 7.61. The second-order valence-electron chi connectivity index (χ2n) is 5.84. The number of aryl methyl sites for hydroxylation is 1. The minimum absolute atomic E-state index is 0.465. The lowest BCUT2D eigenvalue weighted by Crippen LogP contribution is -2.03. The van der Waals surface area contributed by atoms with Crippen LogP contribution in [0.1, 0.15) is 42.0 Å². The average molecular weight is 283 g/mol. The molecule has 0 aromatic heterocycles. The van der Waals surface area contributed by atoms with Gasteiger partial charge in [0.25, 0.3) is 0 Å². The molecule has 0 fully saturated rings. The Kier molecular flexibility index (Phi) is 5.40. The lowest BCUT2D eigenvalue weighted by molar-refractivity contribution is 0.301. The lowest BCUT2D eigenvalue weighted by atomic mass is 10.0. The maximum absolute atomic E-state index is 6.04. The Morgan fingerprint density at radius 3 is 2.29 bits per heavy atom. The van der Waals surface area contributed by atoms with Crippen molar-refractivity contribution in [1.29, 1.82) is 0 Å². The Bertz CT molecular complexity index is 573. The fourth-order valence-corrected chi connectivity index (χ4v) is 2.37. The van der Waals surface area contributed by atoms with Crippen molar-refractivity contribution in [3.05, 3.63) is 64.7 Å². The maximum Gasteiger partial charge on any atom is 0.123 e. The third kappa shape index (κ3) is 4.33. The molecule has 21 heavy (non-hydrogen) atoms. The first-order valence-electron chi connectivity index (χ1n) is 7.61. The van der Waals surface area contributed by atoms with Crippen LogP contribution in [-0.2, 0) is 13.0 Å². The number of rotatable bonds is 6. The summed E-state index contributed by atoms with van der Waals surface area (Å²) in [6.45, 7) is 7.78. The predicted molar refractivity (Wildman–Crippen MR) is 88.8 cm³/mol. The smallest absolute Gasteiger partial charge is 0.123 e. The van der Waals surface area contributed by atoms with Crippen molar-refractivity contribution in [3.8, 4) is 5.75 Å². The van der Waals surface area contributed by atoms with Gasteiger partial charge in [0.15, 0.2) is 0 Å². The maximum atomic E-state index is 6.04. The zero-order chi connectivity index (χ0) is 15.2. The molecule has 112 valence electrons. The molecule has 0 heterocycles. The quantitative estimate of drug-likeness (QED) is 0.862. The van der Waals surface area contributed by atoms with Gasteiger partial charge in [0.1, 0.15) is 12.4 Å². The van der Waals surface area contributed by atoms with Crippen molar-refractivity contribution in [1.82, 2.24) is 0 Å². The summed E-state index contributed by atoms with van der Waals surface area (Å²) in [4.78, 5) is 0. The minimum atomic E-state index is 0.465. The van der Waals surface area contributed by atoms with Crippen LogP contribution in [0.25, 0.3) is 0 Å². The van der Waals surface area contributed by atoms with Gasteiger partial charge >= 0.3 is 0 Å². The summed E-state index contributed by atoms with van der Waals surface area (Å²) in [5.74, 6) is 1.46. The summed E-state index contributed by atoms with van der Waals surface area (Å²) in [5, 5.41) is 0. The van der Waals surface area contributed by atoms with Crippen molar-refractivity contribution in [2.75, 3.05) is 6.54 Å². The Balaban J connectivity index is 2.07. The zero-order valence-electron chi connectivity index (χ0n) is 13.2. The highest BCUT2D eigenvalue weighted by atomic mass is 16.5. The highest BCUT2D eigenvalue weighted by molar-refractivity contribution is 5.39. The standard InChI is InChI=1S/C19H25NO/c1-14(2)18-9-4-15(3)12-19(18)21-13-17-7-5-16(6-8-17)10-11-20/h4-9,12,14H,10-11,13,20H2,1-3H3. The molecule has 0 saturated heterocycles. The molecule has 2 heteroatoms. The monoisotopic (exact) mass is 283 g/mol. The Morgan fingerprint density at radius 1 is 1.00 bits per heavy atom. The number of hydrogen-bond donors (Lipinski definition) is 1. The number of nitrogens with two attached hydrogens (primary N) is 1. The highest BCUT2D eigenvalue weighted by Gasteiger charge is 2.08. The summed E-state index contributed by atoms with van der Waals surface area (Å²) in [5.41, 5.74) is 10.5. The van der Waals surface area contributed by atoms with Gasteiger partial charge in [0, 0.05) is 0 Å². The van der Waals surface area contributed by atoms with Crippen molar-refractivity contribution in [2.24, 2.45) is 5.73 Å². The third-order valence-electron chi connectivity index (χ3n) is 3.64. The van der Waals surface area contributed by atoms with E-state index in [4.69, 9.17) is 10.5 Å². The van der Waals surface area contributed by atoms with E-state index in [1.807, 2.05) is 0 Å². The molecule has 2 rings (SSSR count). The molecule has 2 aromatic rings. The molecule has 0 radical (unpaired) electrons. The average Bonchev–Trinajstić information content (AvgIpc) is 2.46. The van der Waals surface area contributed by atoms with Crippen LogP contribution in [0.15, 0.2) is 42.5 Å². The van der Waals surface area contributed by atoms with Crippen molar-refractivity contribution < 1.29 is 4.74 Å². The number of hydrogen-bond acceptors (Lipinski definition) is 2. The molecule has 0 saturated carbocycles. The first kappa shape index (κ1) is 15.6. The molecule has 2 nitrogen and oxygen atoms in total. The van der Waals surface area contributed by atoms with E-state index in [0.717, 1.165) is 12.2 Å². The molecular weight excluding hydrogens is 258 g/mol. The molecule has 0 unspecified atom stereocenters. The molecule has 0 atom stereocenters. The summed E-state index contributed by atoms with van der Waals surface area (Å²) in [6, 6.07) is 14.9. The van der Waals surface area contributed by atoms with Gasteiger partial charge in [-0.1, -0.05) is 50.2 Å². The van der Waals surface area contributed by atoms with Crippen LogP contribution in [0, 0.1) is 6.92 Å². The van der Waals surface area contributed by atoms with Crippen molar-refractivity contribution in [3.63, 3.8) is 0 Å². The largest absolute Gasteiger partial charge is 0.489 e. The van der Waals surface area contributed by atoms with Crippen LogP contribution in [0.2, 0.25) is 0 Å². The minimum Gasteiger partial charge on any atom is -0.489 e. The zero-order valence-corrected chi connectivity index (χ0v) is 13.2. The molecule has 0 aliphatic rings. The van der Waals surface area contributed by atoms with Crippen LogP contribution >= 0.6 is 0 Å². The summed E-state index contributed by atoms with van der Waals surface area (Å²) in [6.07, 6.45) is 0.927. The van der Waals surface area contributed by atoms with E-state index >= 15 is 0 Å². The van der Waals surface area contributed by atoms with Gasteiger partial charge in [-0.25, -0.2) is 0 Å². The molecular formula is C19H25NO. The topological polar surface area (TPSA) is 35.2 Å². The van der Waals surface area contributed by atoms with Gasteiger partial charge in [-0.15, -0.1) is 0 Å². The van der Waals surface area contributed by atoms with Crippen molar-refractivity contribution >= 4 is 0 Å². The van der Waals surface area contributed by atoms with Crippen LogP contribution < -0.4 is 10.5 Å². The van der Waals surface area contributed by atoms with Gasteiger partial charge in [-0.05, 0) is 54.1 Å². The second kappa shape index (κ2) is 7.28. The van der Waals surface area contributed by atoms with Gasteiger partial charge in [0.05, 0.1) is 0 Å². The van der Waals surface area contributed by atoms with Gasteiger partial charge in [-0.3, -0.25) is 0 Å². The molecule has 2 N–H and O–H groups in total. The Labute approximate surface area is 127 Å². The summed E-state index contributed by atoms with van der Waals surface area (Å²) in [7, 11) is 0. The first-order chi connectivity index (χ1) is 10.1. The highest BCUT2D eigenvalue weighted by Crippen LogP contribution is 2.28. The van der Waals surface area contributed by atoms with Crippen molar-refractivity contribution in [2.45, 2.75) is 39.7 Å². The number of ether oxygens (including phenoxy) is 1. The normalized spacial score (nSPS) is 10.9. The Morgan fingerprint density at radius 2 is 1.67 bits per heavy atom. The fraction of sp³-hybridized carbons (Fsp3) is 0.368. The van der Waals surface area contributed by atoms with E-state index in [9.17, 15) is 0 Å². The van der Waals surface area contributed by atoms with E-state index in [2.05, 4.69) is 63.2 Å². The molecule has 0 spiro atoms. The molecule has 0 aliphatic carbocycles. The van der Waals surface area contributed by atoms with E-state index in [1.165, 1.54) is 22.3 Å². The van der Waals surface area contributed by atoms with Crippen LogP contribution in [0.5, 0.6) is 5.75 Å².